The van der Waals surface area contributed by atoms with Gasteiger partial charge in [-0.2, -0.15) is 0 Å². The van der Waals surface area contributed by atoms with E-state index in [1.54, 1.807) is 25.0 Å². The maximum atomic E-state index is 3.78. The monoisotopic (exact) mass is 271 g/mol. The van der Waals surface area contributed by atoms with Crippen LogP contribution in [0.4, 0.5) is 0 Å². The zero-order chi connectivity index (χ0) is 8.81. The largest absolute Gasteiger partial charge is 0.341 e. The molecule has 0 N–H and O–H groups in total. The van der Waals surface area contributed by atoms with Gasteiger partial charge in [-0.25, -0.2) is 9.97 Å². The molecule has 0 aliphatic carbocycles. The normalized spacial score (nSPS) is 8.15. The van der Waals surface area contributed by atoms with Crippen LogP contribution < -0.4 is 0 Å². The van der Waals surface area contributed by atoms with Gasteiger partial charge < -0.3 is 9.13 Å². The predicted octanol–water partition coefficient (Wildman–Crippen LogP) is 0.838. The fraction of sp³-hybridized carbons (Fsp3) is 0.250. The SMILES string of the molecule is Cn1ccnc1.Cn1ccnc1.[Ag]. The Morgan fingerprint density at radius 2 is 1.23 bits per heavy atom. The molecule has 0 atom stereocenters. The standard InChI is InChI=1S/2C4H6N2.Ag/c2*1-6-3-2-5-4-6;/h2*2-4H,1H3;. The summed E-state index contributed by atoms with van der Waals surface area (Å²) >= 11 is 0. The Labute approximate surface area is 93.1 Å². The Hall–Kier alpha value is -0.840. The fourth-order valence-electron chi connectivity index (χ4n) is 0.652. The van der Waals surface area contributed by atoms with Crippen LogP contribution in [0.5, 0.6) is 0 Å². The Bertz CT molecular complexity index is 256. The average Bonchev–Trinajstić information content (AvgIpc) is 2.63. The first kappa shape index (κ1) is 12.2. The van der Waals surface area contributed by atoms with Crippen LogP contribution in [0, 0.1) is 0 Å². The second-order valence-electron chi connectivity index (χ2n) is 2.46. The van der Waals surface area contributed by atoms with Gasteiger partial charge in [-0.05, 0) is 0 Å². The van der Waals surface area contributed by atoms with E-state index in [-0.39, 0.29) is 22.4 Å². The van der Waals surface area contributed by atoms with Crippen molar-refractivity contribution in [3.8, 4) is 0 Å². The van der Waals surface area contributed by atoms with Gasteiger partial charge in [-0.3, -0.25) is 0 Å². The Balaban J connectivity index is 0.000000206. The summed E-state index contributed by atoms with van der Waals surface area (Å²) in [4.78, 5) is 7.57. The minimum absolute atomic E-state index is 0. The van der Waals surface area contributed by atoms with E-state index in [4.69, 9.17) is 0 Å². The number of nitrogens with zero attached hydrogens (tertiary/aromatic N) is 4. The topological polar surface area (TPSA) is 35.6 Å². The Kier molecular flexibility index (Phi) is 6.22. The van der Waals surface area contributed by atoms with E-state index in [1.807, 2.05) is 35.6 Å². The summed E-state index contributed by atoms with van der Waals surface area (Å²) in [5.74, 6) is 0. The average molecular weight is 272 g/mol. The first-order chi connectivity index (χ1) is 5.79. The number of aryl methyl sites for hydroxylation is 2. The number of imidazole rings is 2. The minimum atomic E-state index is 0. The Morgan fingerprint density at radius 3 is 1.31 bits per heavy atom. The van der Waals surface area contributed by atoms with E-state index in [1.165, 1.54) is 0 Å². The van der Waals surface area contributed by atoms with E-state index >= 15 is 0 Å². The number of hydrogen-bond donors (Lipinski definition) is 0. The van der Waals surface area contributed by atoms with E-state index in [2.05, 4.69) is 9.97 Å². The summed E-state index contributed by atoms with van der Waals surface area (Å²) in [6.07, 6.45) is 10.8. The van der Waals surface area contributed by atoms with Gasteiger partial charge >= 0.3 is 0 Å². The van der Waals surface area contributed by atoms with Crippen LogP contribution in [0.25, 0.3) is 0 Å². The molecule has 13 heavy (non-hydrogen) atoms. The molecule has 2 aromatic heterocycles. The van der Waals surface area contributed by atoms with Gasteiger partial charge in [0.25, 0.3) is 0 Å². The van der Waals surface area contributed by atoms with E-state index < -0.39 is 0 Å². The summed E-state index contributed by atoms with van der Waals surface area (Å²) in [7, 11) is 3.88. The first-order valence-electron chi connectivity index (χ1n) is 3.63. The van der Waals surface area contributed by atoms with Crippen molar-refractivity contribution in [3.05, 3.63) is 37.4 Å². The van der Waals surface area contributed by atoms with Crippen molar-refractivity contribution in [3.63, 3.8) is 0 Å². The van der Waals surface area contributed by atoms with Crippen molar-refractivity contribution >= 4 is 0 Å². The van der Waals surface area contributed by atoms with Crippen LogP contribution >= 0.6 is 0 Å². The first-order valence-corrected chi connectivity index (χ1v) is 3.63. The summed E-state index contributed by atoms with van der Waals surface area (Å²) in [6, 6.07) is 0. The maximum Gasteiger partial charge on any atom is 0.0943 e. The zero-order valence-corrected chi connectivity index (χ0v) is 9.04. The Morgan fingerprint density at radius 1 is 0.846 bits per heavy atom. The minimum Gasteiger partial charge on any atom is -0.341 e. The van der Waals surface area contributed by atoms with Gasteiger partial charge in [0.2, 0.25) is 0 Å². The van der Waals surface area contributed by atoms with Gasteiger partial charge in [0.15, 0.2) is 0 Å². The summed E-state index contributed by atoms with van der Waals surface area (Å²) in [6.45, 7) is 0. The molecular formula is C8H12AgN4. The molecule has 4 nitrogen and oxygen atoms in total. The molecule has 0 aliphatic heterocycles. The molecule has 0 spiro atoms. The molecule has 0 bridgehead atoms. The van der Waals surface area contributed by atoms with Crippen molar-refractivity contribution in [1.82, 2.24) is 19.1 Å². The van der Waals surface area contributed by atoms with Crippen molar-refractivity contribution < 1.29 is 22.4 Å². The molecule has 0 saturated heterocycles. The van der Waals surface area contributed by atoms with Gasteiger partial charge in [-0.1, -0.05) is 0 Å². The third-order valence-corrected chi connectivity index (χ3v) is 1.27. The van der Waals surface area contributed by atoms with Gasteiger partial charge in [0.1, 0.15) is 0 Å². The van der Waals surface area contributed by atoms with Crippen LogP contribution in [0.1, 0.15) is 0 Å². The van der Waals surface area contributed by atoms with Gasteiger partial charge in [0, 0.05) is 61.3 Å². The van der Waals surface area contributed by atoms with Crippen LogP contribution in [-0.2, 0) is 36.5 Å². The molecule has 0 fully saturated rings. The molecular weight excluding hydrogens is 260 g/mol. The summed E-state index contributed by atoms with van der Waals surface area (Å²) in [5.41, 5.74) is 0. The summed E-state index contributed by atoms with van der Waals surface area (Å²) < 4.78 is 3.78. The molecule has 2 heterocycles. The zero-order valence-electron chi connectivity index (χ0n) is 7.55. The van der Waals surface area contributed by atoms with E-state index in [0.717, 1.165) is 0 Å². The smallest absolute Gasteiger partial charge is 0.0943 e. The van der Waals surface area contributed by atoms with Crippen LogP contribution in [0.15, 0.2) is 37.4 Å². The third-order valence-electron chi connectivity index (χ3n) is 1.27. The van der Waals surface area contributed by atoms with Crippen LogP contribution in [-0.4, -0.2) is 19.1 Å². The predicted molar refractivity (Wildman–Crippen MR) is 46.4 cm³/mol. The van der Waals surface area contributed by atoms with Crippen LogP contribution in [0.2, 0.25) is 0 Å². The van der Waals surface area contributed by atoms with Crippen molar-refractivity contribution in [1.29, 1.82) is 0 Å². The van der Waals surface area contributed by atoms with Crippen molar-refractivity contribution in [2.45, 2.75) is 0 Å². The molecule has 1 radical (unpaired) electrons. The molecule has 5 heteroatoms. The summed E-state index contributed by atoms with van der Waals surface area (Å²) in [5, 5.41) is 0. The van der Waals surface area contributed by atoms with Crippen molar-refractivity contribution in [2.24, 2.45) is 14.1 Å². The molecule has 0 saturated carbocycles. The third kappa shape index (κ3) is 5.41. The van der Waals surface area contributed by atoms with Crippen molar-refractivity contribution in [2.75, 3.05) is 0 Å². The quantitative estimate of drug-likeness (QED) is 0.666. The number of hydrogen-bond acceptors (Lipinski definition) is 2. The second kappa shape index (κ2) is 6.65. The van der Waals surface area contributed by atoms with Gasteiger partial charge in [0.05, 0.1) is 12.7 Å². The molecule has 0 aromatic carbocycles. The number of rotatable bonds is 0. The molecule has 2 rings (SSSR count). The molecule has 2 aromatic rings. The van der Waals surface area contributed by atoms with E-state index in [9.17, 15) is 0 Å². The second-order valence-corrected chi connectivity index (χ2v) is 2.46. The fourth-order valence-corrected chi connectivity index (χ4v) is 0.652. The van der Waals surface area contributed by atoms with Gasteiger partial charge in [-0.15, -0.1) is 0 Å². The molecule has 0 amide bonds. The molecule has 0 unspecified atom stereocenters. The van der Waals surface area contributed by atoms with E-state index in [0.29, 0.717) is 0 Å². The maximum absolute atomic E-state index is 3.78. The van der Waals surface area contributed by atoms with Crippen LogP contribution in [0.3, 0.4) is 0 Å². The molecule has 0 aliphatic rings. The number of aromatic nitrogens is 4. The molecule has 75 valence electrons.